The average molecular weight is 403 g/mol. The van der Waals surface area contributed by atoms with Crippen LogP contribution in [0.3, 0.4) is 0 Å². The number of hydrogen-bond donors (Lipinski definition) is 1. The number of ketones is 1. The summed E-state index contributed by atoms with van der Waals surface area (Å²) >= 11 is 0. The molecule has 0 amide bonds. The minimum Gasteiger partial charge on any atom is -0.454 e. The lowest BCUT2D eigenvalue weighted by molar-refractivity contribution is -0.120. The molecular weight excluding hydrogens is 378 g/mol. The minimum absolute atomic E-state index is 0. The van der Waals surface area contributed by atoms with Crippen molar-refractivity contribution >= 4 is 5.78 Å². The number of hydrogen-bond acceptors (Lipinski definition) is 5. The number of nitrogens with zero attached hydrogens (tertiary/aromatic N) is 1. The van der Waals surface area contributed by atoms with Crippen LogP contribution in [0.15, 0.2) is 54.6 Å². The summed E-state index contributed by atoms with van der Waals surface area (Å²) in [7, 11) is 0. The SMILES string of the molecule is Cc1nc(CC(=O)C2(c3ccc4c(c3)OCO4)CC2)ccc1-c1ccc(CO)cc1.[HH]. The fourth-order valence-electron chi connectivity index (χ4n) is 4.19. The highest BCUT2D eigenvalue weighted by atomic mass is 16.7. The van der Waals surface area contributed by atoms with Crippen LogP contribution in [0.4, 0.5) is 0 Å². The van der Waals surface area contributed by atoms with Crippen LogP contribution in [0.25, 0.3) is 11.1 Å². The molecule has 1 fully saturated rings. The molecule has 1 saturated carbocycles. The zero-order valence-corrected chi connectivity index (χ0v) is 16.9. The summed E-state index contributed by atoms with van der Waals surface area (Å²) in [6.45, 7) is 2.23. The van der Waals surface area contributed by atoms with E-state index in [4.69, 9.17) is 14.5 Å². The number of aliphatic hydroxyl groups is 1. The second-order valence-corrected chi connectivity index (χ2v) is 8.04. The van der Waals surface area contributed by atoms with Gasteiger partial charge in [-0.15, -0.1) is 0 Å². The van der Waals surface area contributed by atoms with Crippen molar-refractivity contribution in [2.45, 2.75) is 38.2 Å². The second-order valence-electron chi connectivity index (χ2n) is 8.04. The number of benzene rings is 2. The molecule has 2 aromatic carbocycles. The van der Waals surface area contributed by atoms with E-state index >= 15 is 0 Å². The third-order valence-electron chi connectivity index (χ3n) is 6.14. The summed E-state index contributed by atoms with van der Waals surface area (Å²) in [6, 6.07) is 17.6. The molecule has 0 saturated heterocycles. The number of rotatable bonds is 6. The van der Waals surface area contributed by atoms with E-state index in [1.54, 1.807) is 0 Å². The van der Waals surface area contributed by atoms with E-state index in [9.17, 15) is 9.90 Å². The Morgan fingerprint density at radius 1 is 1.07 bits per heavy atom. The Labute approximate surface area is 176 Å². The number of Topliss-reactive ketones (excluding diaryl/α,β-unsaturated/α-hetero) is 1. The van der Waals surface area contributed by atoms with Crippen molar-refractivity contribution in [2.24, 2.45) is 0 Å². The Kier molecular flexibility index (Phi) is 4.55. The molecule has 1 aromatic heterocycles. The molecule has 0 unspecified atom stereocenters. The minimum atomic E-state index is -0.421. The fraction of sp³-hybridized carbons (Fsp3) is 0.280. The van der Waals surface area contributed by atoms with Crippen LogP contribution in [0.1, 0.15) is 36.8 Å². The van der Waals surface area contributed by atoms with Gasteiger partial charge in [0.25, 0.3) is 0 Å². The number of aliphatic hydroxyl groups excluding tert-OH is 1. The fourth-order valence-corrected chi connectivity index (χ4v) is 4.19. The van der Waals surface area contributed by atoms with Gasteiger partial charge in [0.2, 0.25) is 6.79 Å². The van der Waals surface area contributed by atoms with Gasteiger partial charge in [-0.3, -0.25) is 9.78 Å². The van der Waals surface area contributed by atoms with Crippen LogP contribution in [-0.4, -0.2) is 22.7 Å². The summed E-state index contributed by atoms with van der Waals surface area (Å²) in [5.74, 6) is 1.66. The van der Waals surface area contributed by atoms with Crippen molar-refractivity contribution < 1.29 is 20.8 Å². The average Bonchev–Trinajstić information content (AvgIpc) is 3.45. The first kappa shape index (κ1) is 18.8. The molecule has 5 heteroatoms. The standard InChI is InChI=1S/C25H23NO4.H2/c1-16-21(18-4-2-17(14-27)3-5-18)8-7-20(26-16)13-24(28)25(10-11-25)19-6-9-22-23(12-19)30-15-29-22;/h2-9,12,27H,10-11,13-15H2,1H3;1H. The summed E-state index contributed by atoms with van der Waals surface area (Å²) in [4.78, 5) is 17.9. The molecule has 3 aromatic rings. The van der Waals surface area contributed by atoms with Gasteiger partial charge < -0.3 is 14.6 Å². The number of pyridine rings is 1. The van der Waals surface area contributed by atoms with Gasteiger partial charge in [0.15, 0.2) is 11.5 Å². The number of aromatic nitrogens is 1. The van der Waals surface area contributed by atoms with Crippen molar-refractivity contribution in [3.05, 3.63) is 77.1 Å². The molecule has 2 aliphatic rings. The van der Waals surface area contributed by atoms with Crippen molar-refractivity contribution in [1.29, 1.82) is 0 Å². The number of ether oxygens (including phenoxy) is 2. The number of carbonyl (C=O) groups is 1. The van der Waals surface area contributed by atoms with Gasteiger partial charge >= 0.3 is 0 Å². The molecule has 5 rings (SSSR count). The van der Waals surface area contributed by atoms with Crippen molar-refractivity contribution in [3.63, 3.8) is 0 Å². The molecule has 0 atom stereocenters. The van der Waals surface area contributed by atoms with Gasteiger partial charge in [-0.25, -0.2) is 0 Å². The second kappa shape index (κ2) is 7.26. The molecule has 30 heavy (non-hydrogen) atoms. The quantitative estimate of drug-likeness (QED) is 0.662. The zero-order valence-electron chi connectivity index (χ0n) is 16.9. The van der Waals surface area contributed by atoms with Crippen LogP contribution < -0.4 is 9.47 Å². The Bertz CT molecular complexity index is 1120. The Morgan fingerprint density at radius 3 is 2.53 bits per heavy atom. The maximum atomic E-state index is 13.2. The highest BCUT2D eigenvalue weighted by molar-refractivity contribution is 5.94. The van der Waals surface area contributed by atoms with Crippen molar-refractivity contribution in [3.8, 4) is 22.6 Å². The van der Waals surface area contributed by atoms with Gasteiger partial charge in [0.1, 0.15) is 5.78 Å². The third kappa shape index (κ3) is 3.25. The number of carbonyl (C=O) groups excluding carboxylic acids is 1. The Hall–Kier alpha value is -3.18. The molecule has 5 nitrogen and oxygen atoms in total. The summed E-state index contributed by atoms with van der Waals surface area (Å²) < 4.78 is 10.9. The van der Waals surface area contributed by atoms with E-state index < -0.39 is 5.41 Å². The van der Waals surface area contributed by atoms with Gasteiger partial charge in [0, 0.05) is 24.8 Å². The molecule has 2 heterocycles. The third-order valence-corrected chi connectivity index (χ3v) is 6.14. The molecule has 1 N–H and O–H groups in total. The lowest BCUT2D eigenvalue weighted by Crippen LogP contribution is -2.23. The highest BCUT2D eigenvalue weighted by Crippen LogP contribution is 2.51. The van der Waals surface area contributed by atoms with Crippen LogP contribution in [0, 0.1) is 6.92 Å². The molecule has 0 bridgehead atoms. The van der Waals surface area contributed by atoms with Gasteiger partial charge in [-0.05, 0) is 54.7 Å². The van der Waals surface area contributed by atoms with Gasteiger partial charge in [-0.2, -0.15) is 0 Å². The molecule has 1 aliphatic carbocycles. The number of aryl methyl sites for hydroxylation is 1. The van der Waals surface area contributed by atoms with E-state index in [0.717, 1.165) is 58.0 Å². The van der Waals surface area contributed by atoms with Gasteiger partial charge in [-0.1, -0.05) is 36.4 Å². The van der Waals surface area contributed by atoms with Crippen LogP contribution in [-0.2, 0) is 23.2 Å². The van der Waals surface area contributed by atoms with Crippen LogP contribution in [0.2, 0.25) is 0 Å². The lowest BCUT2D eigenvalue weighted by atomic mass is 9.88. The monoisotopic (exact) mass is 403 g/mol. The topological polar surface area (TPSA) is 68.7 Å². The van der Waals surface area contributed by atoms with Crippen molar-refractivity contribution in [1.82, 2.24) is 4.98 Å². The first-order chi connectivity index (χ1) is 14.6. The van der Waals surface area contributed by atoms with E-state index in [1.165, 1.54) is 0 Å². The van der Waals surface area contributed by atoms with E-state index in [2.05, 4.69) is 0 Å². The molecule has 0 radical (unpaired) electrons. The normalized spacial score (nSPS) is 15.8. The lowest BCUT2D eigenvalue weighted by Gasteiger charge is -2.15. The maximum absolute atomic E-state index is 13.2. The predicted octanol–water partition coefficient (Wildman–Crippen LogP) is 4.37. The molecule has 0 spiro atoms. The Morgan fingerprint density at radius 2 is 1.83 bits per heavy atom. The van der Waals surface area contributed by atoms with Crippen molar-refractivity contribution in [2.75, 3.05) is 6.79 Å². The first-order valence-electron chi connectivity index (χ1n) is 10.2. The smallest absolute Gasteiger partial charge is 0.231 e. The van der Waals surface area contributed by atoms with E-state index in [0.29, 0.717) is 6.42 Å². The Balaban J connectivity index is 0.00000231. The summed E-state index contributed by atoms with van der Waals surface area (Å²) in [5.41, 5.74) is 5.24. The predicted molar refractivity (Wildman–Crippen MR) is 115 cm³/mol. The largest absolute Gasteiger partial charge is 0.454 e. The molecule has 1 aliphatic heterocycles. The van der Waals surface area contributed by atoms with E-state index in [-0.39, 0.29) is 20.6 Å². The zero-order chi connectivity index (χ0) is 20.7. The van der Waals surface area contributed by atoms with Gasteiger partial charge in [0.05, 0.1) is 12.0 Å². The highest BCUT2D eigenvalue weighted by Gasteiger charge is 2.50. The van der Waals surface area contributed by atoms with Crippen LogP contribution in [0.5, 0.6) is 11.5 Å². The summed E-state index contributed by atoms with van der Waals surface area (Å²) in [5, 5.41) is 9.22. The maximum Gasteiger partial charge on any atom is 0.231 e. The number of fused-ring (bicyclic) bond motifs is 1. The first-order valence-corrected chi connectivity index (χ1v) is 10.2. The molecular formula is C25H25NO4. The van der Waals surface area contributed by atoms with E-state index in [1.807, 2.05) is 61.5 Å². The molecule has 154 valence electrons. The van der Waals surface area contributed by atoms with Crippen LogP contribution >= 0.6 is 0 Å². The summed E-state index contributed by atoms with van der Waals surface area (Å²) in [6.07, 6.45) is 2.04.